The van der Waals surface area contributed by atoms with Gasteiger partial charge in [-0.1, -0.05) is 23.8 Å². The summed E-state index contributed by atoms with van der Waals surface area (Å²) in [4.78, 5) is 35.1. The molecule has 0 atom stereocenters. The number of aryl methyl sites for hydroxylation is 2. The number of esters is 1. The third kappa shape index (κ3) is 6.89. The number of nitrogens with zero attached hydrogens (tertiary/aromatic N) is 2. The first-order valence-corrected chi connectivity index (χ1v) is 11.3. The first kappa shape index (κ1) is 26.4. The lowest BCUT2D eigenvalue weighted by molar-refractivity contribution is -0.385. The highest BCUT2D eigenvalue weighted by Gasteiger charge is 2.18. The monoisotopic (exact) mass is 555 g/mol. The van der Waals surface area contributed by atoms with Crippen LogP contribution in [0.5, 0.6) is 17.2 Å². The van der Waals surface area contributed by atoms with E-state index in [0.717, 1.165) is 5.56 Å². The van der Waals surface area contributed by atoms with Gasteiger partial charge in [0.2, 0.25) is 0 Å². The average Bonchev–Trinajstić information content (AvgIpc) is 2.84. The van der Waals surface area contributed by atoms with Gasteiger partial charge in [-0.25, -0.2) is 10.2 Å². The van der Waals surface area contributed by atoms with Gasteiger partial charge < -0.3 is 14.2 Å². The minimum atomic E-state index is -0.615. The minimum Gasteiger partial charge on any atom is -0.493 e. The first-order chi connectivity index (χ1) is 17.2. The predicted molar refractivity (Wildman–Crippen MR) is 136 cm³/mol. The number of amides is 1. The smallest absolute Gasteiger partial charge is 0.343 e. The van der Waals surface area contributed by atoms with E-state index in [9.17, 15) is 19.7 Å². The predicted octanol–water partition coefficient (Wildman–Crippen LogP) is 4.73. The van der Waals surface area contributed by atoms with Gasteiger partial charge in [-0.05, 0) is 71.2 Å². The molecule has 1 N–H and O–H groups in total. The number of rotatable bonds is 9. The van der Waals surface area contributed by atoms with Gasteiger partial charge in [-0.3, -0.25) is 14.9 Å². The van der Waals surface area contributed by atoms with Crippen LogP contribution in [-0.4, -0.2) is 36.7 Å². The van der Waals surface area contributed by atoms with E-state index in [-0.39, 0.29) is 22.9 Å². The number of benzene rings is 3. The molecule has 186 valence electrons. The van der Waals surface area contributed by atoms with E-state index in [1.165, 1.54) is 25.5 Å². The Morgan fingerprint density at radius 2 is 1.75 bits per heavy atom. The van der Waals surface area contributed by atoms with Gasteiger partial charge in [0.15, 0.2) is 23.9 Å². The summed E-state index contributed by atoms with van der Waals surface area (Å²) < 4.78 is 16.6. The molecular formula is C25H22BrN3O7. The topological polar surface area (TPSA) is 129 Å². The van der Waals surface area contributed by atoms with E-state index in [0.29, 0.717) is 21.2 Å². The fourth-order valence-corrected chi connectivity index (χ4v) is 3.54. The van der Waals surface area contributed by atoms with Crippen LogP contribution in [0.3, 0.4) is 0 Å². The summed E-state index contributed by atoms with van der Waals surface area (Å²) in [7, 11) is 1.43. The van der Waals surface area contributed by atoms with E-state index in [1.807, 2.05) is 19.1 Å². The summed E-state index contributed by atoms with van der Waals surface area (Å²) in [6.45, 7) is 3.16. The second-order valence-electron chi connectivity index (χ2n) is 7.60. The molecule has 0 heterocycles. The number of nitrogens with one attached hydrogen (secondary N) is 1. The highest BCUT2D eigenvalue weighted by atomic mass is 79.9. The lowest BCUT2D eigenvalue weighted by Gasteiger charge is -2.12. The number of hydrazone groups is 1. The molecule has 0 radical (unpaired) electrons. The Bertz CT molecular complexity index is 1320. The van der Waals surface area contributed by atoms with E-state index in [2.05, 4.69) is 26.5 Å². The molecule has 0 saturated carbocycles. The van der Waals surface area contributed by atoms with Crippen molar-refractivity contribution in [2.45, 2.75) is 13.8 Å². The van der Waals surface area contributed by atoms with Crippen molar-refractivity contribution in [3.8, 4) is 17.2 Å². The van der Waals surface area contributed by atoms with Crippen molar-refractivity contribution < 1.29 is 28.7 Å². The molecule has 3 aromatic carbocycles. The number of carbonyl (C=O) groups is 2. The third-order valence-corrected chi connectivity index (χ3v) is 5.40. The number of ether oxygens (including phenoxy) is 3. The van der Waals surface area contributed by atoms with Crippen molar-refractivity contribution in [1.29, 1.82) is 0 Å². The number of methoxy groups -OCH3 is 1. The summed E-state index contributed by atoms with van der Waals surface area (Å²) in [5, 5.41) is 15.0. The van der Waals surface area contributed by atoms with E-state index in [4.69, 9.17) is 14.2 Å². The van der Waals surface area contributed by atoms with Crippen LogP contribution in [0.15, 0.2) is 64.2 Å². The number of hydrogen-bond donors (Lipinski definition) is 1. The summed E-state index contributed by atoms with van der Waals surface area (Å²) in [6.07, 6.45) is 1.35. The Morgan fingerprint density at radius 1 is 1.06 bits per heavy atom. The number of carbonyl (C=O) groups excluding carboxylic acids is 2. The van der Waals surface area contributed by atoms with Crippen molar-refractivity contribution in [1.82, 2.24) is 5.43 Å². The highest BCUT2D eigenvalue weighted by Crippen LogP contribution is 2.37. The molecule has 1 amide bonds. The molecule has 0 saturated heterocycles. The lowest BCUT2D eigenvalue weighted by atomic mass is 10.1. The lowest BCUT2D eigenvalue weighted by Crippen LogP contribution is -2.24. The van der Waals surface area contributed by atoms with Crippen molar-refractivity contribution in [2.75, 3.05) is 13.7 Å². The highest BCUT2D eigenvalue weighted by molar-refractivity contribution is 9.10. The number of halogens is 1. The SMILES string of the molecule is COc1cc(/C=N/NC(=O)COc2ccc(C)cc2[N+](=O)[O-])cc(Br)c1OC(=O)c1ccc(C)cc1. The molecule has 0 aromatic heterocycles. The second kappa shape index (κ2) is 11.9. The Morgan fingerprint density at radius 3 is 2.42 bits per heavy atom. The van der Waals surface area contributed by atoms with Crippen LogP contribution < -0.4 is 19.6 Å². The fourth-order valence-electron chi connectivity index (χ4n) is 3.00. The summed E-state index contributed by atoms with van der Waals surface area (Å²) in [6, 6.07) is 14.6. The van der Waals surface area contributed by atoms with E-state index in [1.54, 1.807) is 37.3 Å². The van der Waals surface area contributed by atoms with Crippen LogP contribution in [-0.2, 0) is 4.79 Å². The molecule has 36 heavy (non-hydrogen) atoms. The van der Waals surface area contributed by atoms with Crippen LogP contribution in [0.1, 0.15) is 27.0 Å². The number of hydrogen-bond acceptors (Lipinski definition) is 8. The van der Waals surface area contributed by atoms with Crippen LogP contribution in [0.25, 0.3) is 0 Å². The van der Waals surface area contributed by atoms with Gasteiger partial charge in [0, 0.05) is 6.07 Å². The summed E-state index contributed by atoms with van der Waals surface area (Å²) >= 11 is 3.37. The number of nitro groups is 1. The molecule has 0 unspecified atom stereocenters. The minimum absolute atomic E-state index is 0.0193. The fraction of sp³-hybridized carbons (Fsp3) is 0.160. The standard InChI is InChI=1S/C25H22BrN3O7/c1-15-4-7-18(8-5-15)25(31)36-24-19(26)11-17(12-22(24)34-3)13-27-28-23(30)14-35-21-9-6-16(2)10-20(21)29(32)33/h4-13H,14H2,1-3H3,(H,28,30)/b27-13+. The van der Waals surface area contributed by atoms with E-state index >= 15 is 0 Å². The zero-order valence-corrected chi connectivity index (χ0v) is 21.2. The maximum atomic E-state index is 12.5. The van der Waals surface area contributed by atoms with E-state index < -0.39 is 23.4 Å². The molecule has 0 spiro atoms. The van der Waals surface area contributed by atoms with Crippen molar-refractivity contribution in [3.63, 3.8) is 0 Å². The molecule has 0 bridgehead atoms. The second-order valence-corrected chi connectivity index (χ2v) is 8.45. The van der Waals surface area contributed by atoms with Gasteiger partial charge >= 0.3 is 11.7 Å². The zero-order chi connectivity index (χ0) is 26.2. The Balaban J connectivity index is 1.63. The molecular weight excluding hydrogens is 534 g/mol. The summed E-state index contributed by atoms with van der Waals surface area (Å²) in [5.74, 6) is -0.716. The van der Waals surface area contributed by atoms with Crippen molar-refractivity contribution in [2.24, 2.45) is 5.10 Å². The normalized spacial score (nSPS) is 10.7. The van der Waals surface area contributed by atoms with Crippen LogP contribution in [0.4, 0.5) is 5.69 Å². The Hall–Kier alpha value is -4.25. The Kier molecular flexibility index (Phi) is 8.74. The third-order valence-electron chi connectivity index (χ3n) is 4.81. The molecule has 3 aromatic rings. The molecule has 0 aliphatic carbocycles. The molecule has 0 fully saturated rings. The Labute approximate surface area is 215 Å². The average molecular weight is 556 g/mol. The first-order valence-electron chi connectivity index (χ1n) is 10.5. The maximum absolute atomic E-state index is 12.5. The van der Waals surface area contributed by atoms with Crippen LogP contribution in [0.2, 0.25) is 0 Å². The molecule has 10 nitrogen and oxygen atoms in total. The quantitative estimate of drug-likeness (QED) is 0.133. The molecule has 0 aliphatic heterocycles. The van der Waals surface area contributed by atoms with Crippen molar-refractivity contribution in [3.05, 3.63) is 91.4 Å². The van der Waals surface area contributed by atoms with Gasteiger partial charge in [-0.15, -0.1) is 0 Å². The van der Waals surface area contributed by atoms with Gasteiger partial charge in [-0.2, -0.15) is 5.10 Å². The van der Waals surface area contributed by atoms with Gasteiger partial charge in [0.25, 0.3) is 5.91 Å². The summed E-state index contributed by atoms with van der Waals surface area (Å²) in [5.41, 5.74) is 4.69. The molecule has 0 aliphatic rings. The van der Waals surface area contributed by atoms with Gasteiger partial charge in [0.1, 0.15) is 0 Å². The molecule has 11 heteroatoms. The molecule has 3 rings (SSSR count). The van der Waals surface area contributed by atoms with Crippen molar-refractivity contribution >= 4 is 39.7 Å². The number of nitro benzene ring substituents is 1. The maximum Gasteiger partial charge on any atom is 0.343 e. The van der Waals surface area contributed by atoms with Crippen LogP contribution in [0, 0.1) is 24.0 Å². The van der Waals surface area contributed by atoms with Gasteiger partial charge in [0.05, 0.1) is 28.3 Å². The largest absolute Gasteiger partial charge is 0.493 e. The zero-order valence-electron chi connectivity index (χ0n) is 19.6. The van der Waals surface area contributed by atoms with Crippen LogP contribution >= 0.6 is 15.9 Å².